The molecule has 0 saturated heterocycles. The third-order valence-electron chi connectivity index (χ3n) is 4.24. The Morgan fingerprint density at radius 3 is 1.96 bits per heavy atom. The molecule has 0 radical (unpaired) electrons. The lowest BCUT2D eigenvalue weighted by Crippen LogP contribution is -2.06. The molecule has 0 fully saturated rings. The van der Waals surface area contributed by atoms with E-state index in [1.54, 1.807) is 13.2 Å². The summed E-state index contributed by atoms with van der Waals surface area (Å²) in [6, 6.07) is 25.1. The standard InChI is InChI=1S/C22H16O3/c1-24-17-12-13-18-19(14-17)25-22(23)21(16-10-6-3-7-11-16)20(18)15-8-4-2-5-9-15/h2-14H,1H3. The molecule has 0 unspecified atom stereocenters. The largest absolute Gasteiger partial charge is 0.497 e. The molecule has 0 aliphatic heterocycles. The summed E-state index contributed by atoms with van der Waals surface area (Å²) in [6.45, 7) is 0. The summed E-state index contributed by atoms with van der Waals surface area (Å²) in [4.78, 5) is 12.8. The molecule has 4 rings (SSSR count). The Morgan fingerprint density at radius 1 is 0.760 bits per heavy atom. The Labute approximate surface area is 145 Å². The van der Waals surface area contributed by atoms with E-state index in [9.17, 15) is 4.79 Å². The van der Waals surface area contributed by atoms with E-state index in [2.05, 4.69) is 0 Å². The number of benzene rings is 3. The first-order valence-electron chi connectivity index (χ1n) is 8.03. The summed E-state index contributed by atoms with van der Waals surface area (Å²) in [5, 5.41) is 0.880. The van der Waals surface area contributed by atoms with Crippen molar-refractivity contribution in [1.29, 1.82) is 0 Å². The van der Waals surface area contributed by atoms with Gasteiger partial charge in [0.05, 0.1) is 12.7 Å². The molecule has 3 nitrogen and oxygen atoms in total. The van der Waals surface area contributed by atoms with Crippen LogP contribution in [0, 0.1) is 0 Å². The summed E-state index contributed by atoms with van der Waals surface area (Å²) in [6.07, 6.45) is 0. The molecule has 3 heteroatoms. The molecule has 0 atom stereocenters. The number of hydrogen-bond acceptors (Lipinski definition) is 3. The third-order valence-corrected chi connectivity index (χ3v) is 4.24. The van der Waals surface area contributed by atoms with Gasteiger partial charge in [-0.1, -0.05) is 60.7 Å². The first kappa shape index (κ1) is 15.2. The zero-order valence-corrected chi connectivity index (χ0v) is 13.7. The van der Waals surface area contributed by atoms with Crippen molar-refractivity contribution in [1.82, 2.24) is 0 Å². The fourth-order valence-corrected chi connectivity index (χ4v) is 3.08. The van der Waals surface area contributed by atoms with Crippen molar-refractivity contribution in [3.8, 4) is 28.0 Å². The van der Waals surface area contributed by atoms with Crippen LogP contribution in [0.2, 0.25) is 0 Å². The van der Waals surface area contributed by atoms with Gasteiger partial charge in [0.1, 0.15) is 11.3 Å². The van der Waals surface area contributed by atoms with E-state index in [1.807, 2.05) is 72.8 Å². The molecule has 0 bridgehead atoms. The molecule has 1 heterocycles. The smallest absolute Gasteiger partial charge is 0.344 e. The second-order valence-electron chi connectivity index (χ2n) is 5.73. The van der Waals surface area contributed by atoms with Crippen LogP contribution in [0.4, 0.5) is 0 Å². The lowest BCUT2D eigenvalue weighted by molar-refractivity contribution is 0.414. The van der Waals surface area contributed by atoms with Gasteiger partial charge in [-0.15, -0.1) is 0 Å². The Kier molecular flexibility index (Phi) is 3.82. The van der Waals surface area contributed by atoms with Crippen molar-refractivity contribution in [2.75, 3.05) is 7.11 Å². The number of ether oxygens (including phenoxy) is 1. The molecule has 122 valence electrons. The number of fused-ring (bicyclic) bond motifs is 1. The maximum Gasteiger partial charge on any atom is 0.344 e. The lowest BCUT2D eigenvalue weighted by Gasteiger charge is -2.13. The molecule has 0 amide bonds. The maximum absolute atomic E-state index is 12.8. The number of hydrogen-bond donors (Lipinski definition) is 0. The van der Waals surface area contributed by atoms with Crippen LogP contribution in [0.5, 0.6) is 5.75 Å². The predicted octanol–water partition coefficient (Wildman–Crippen LogP) is 5.14. The summed E-state index contributed by atoms with van der Waals surface area (Å²) in [7, 11) is 1.59. The van der Waals surface area contributed by atoms with Crippen LogP contribution in [0.1, 0.15) is 0 Å². The minimum atomic E-state index is -0.356. The normalized spacial score (nSPS) is 10.8. The molecule has 0 N–H and O–H groups in total. The quantitative estimate of drug-likeness (QED) is 0.489. The first-order chi connectivity index (χ1) is 12.3. The van der Waals surface area contributed by atoms with Gasteiger partial charge in [0.15, 0.2) is 0 Å². The number of rotatable bonds is 3. The van der Waals surface area contributed by atoms with E-state index >= 15 is 0 Å². The van der Waals surface area contributed by atoms with Gasteiger partial charge in [0.25, 0.3) is 0 Å². The van der Waals surface area contributed by atoms with Crippen LogP contribution in [0.3, 0.4) is 0 Å². The van der Waals surface area contributed by atoms with E-state index < -0.39 is 0 Å². The fraction of sp³-hybridized carbons (Fsp3) is 0.0455. The lowest BCUT2D eigenvalue weighted by atomic mass is 9.93. The van der Waals surface area contributed by atoms with Crippen LogP contribution < -0.4 is 10.4 Å². The highest BCUT2D eigenvalue weighted by Gasteiger charge is 2.18. The Bertz CT molecular complexity index is 1080. The molecular weight excluding hydrogens is 312 g/mol. The molecule has 0 spiro atoms. The van der Waals surface area contributed by atoms with Gasteiger partial charge in [0.2, 0.25) is 0 Å². The van der Waals surface area contributed by atoms with Crippen LogP contribution in [0.15, 0.2) is 88.1 Å². The average molecular weight is 328 g/mol. The first-order valence-corrected chi connectivity index (χ1v) is 8.03. The minimum absolute atomic E-state index is 0.356. The average Bonchev–Trinajstić information content (AvgIpc) is 2.67. The Balaban J connectivity index is 2.14. The zero-order chi connectivity index (χ0) is 17.2. The second-order valence-corrected chi connectivity index (χ2v) is 5.73. The molecule has 3 aromatic carbocycles. The number of methoxy groups -OCH3 is 1. The highest BCUT2D eigenvalue weighted by atomic mass is 16.5. The fourth-order valence-electron chi connectivity index (χ4n) is 3.08. The van der Waals surface area contributed by atoms with Crippen LogP contribution in [-0.2, 0) is 0 Å². The van der Waals surface area contributed by atoms with Crippen molar-refractivity contribution in [3.05, 3.63) is 89.3 Å². The molecule has 0 aliphatic carbocycles. The topological polar surface area (TPSA) is 39.4 Å². The highest BCUT2D eigenvalue weighted by molar-refractivity contribution is 6.01. The monoisotopic (exact) mass is 328 g/mol. The van der Waals surface area contributed by atoms with Gasteiger partial charge in [-0.2, -0.15) is 0 Å². The Morgan fingerprint density at radius 2 is 1.36 bits per heavy atom. The van der Waals surface area contributed by atoms with Crippen molar-refractivity contribution in [2.45, 2.75) is 0 Å². The van der Waals surface area contributed by atoms with Crippen molar-refractivity contribution in [3.63, 3.8) is 0 Å². The summed E-state index contributed by atoms with van der Waals surface area (Å²) in [5.41, 5.74) is 3.43. The Hall–Kier alpha value is -3.33. The molecule has 4 aromatic rings. The van der Waals surface area contributed by atoms with E-state index in [4.69, 9.17) is 9.15 Å². The van der Waals surface area contributed by atoms with Gasteiger partial charge >= 0.3 is 5.63 Å². The molecule has 0 saturated carbocycles. The SMILES string of the molecule is COc1ccc2c(-c3ccccc3)c(-c3ccccc3)c(=O)oc2c1. The molecular formula is C22H16O3. The highest BCUT2D eigenvalue weighted by Crippen LogP contribution is 2.36. The van der Waals surface area contributed by atoms with Crippen LogP contribution >= 0.6 is 0 Å². The molecule has 1 aromatic heterocycles. The van der Waals surface area contributed by atoms with E-state index in [0.29, 0.717) is 16.9 Å². The van der Waals surface area contributed by atoms with E-state index in [-0.39, 0.29) is 5.63 Å². The second kappa shape index (κ2) is 6.29. The summed E-state index contributed by atoms with van der Waals surface area (Å²) >= 11 is 0. The maximum atomic E-state index is 12.8. The van der Waals surface area contributed by atoms with Crippen molar-refractivity contribution in [2.24, 2.45) is 0 Å². The summed E-state index contributed by atoms with van der Waals surface area (Å²) < 4.78 is 10.9. The third kappa shape index (κ3) is 2.70. The van der Waals surface area contributed by atoms with Crippen molar-refractivity contribution < 1.29 is 9.15 Å². The van der Waals surface area contributed by atoms with Gasteiger partial charge in [-0.05, 0) is 23.3 Å². The van der Waals surface area contributed by atoms with E-state index in [1.165, 1.54) is 0 Å². The summed E-state index contributed by atoms with van der Waals surface area (Å²) in [5.74, 6) is 0.655. The zero-order valence-electron chi connectivity index (χ0n) is 13.7. The van der Waals surface area contributed by atoms with Crippen LogP contribution in [-0.4, -0.2) is 7.11 Å². The molecule has 25 heavy (non-hydrogen) atoms. The van der Waals surface area contributed by atoms with Crippen LogP contribution in [0.25, 0.3) is 33.2 Å². The minimum Gasteiger partial charge on any atom is -0.497 e. The van der Waals surface area contributed by atoms with Gasteiger partial charge < -0.3 is 9.15 Å². The van der Waals surface area contributed by atoms with Crippen molar-refractivity contribution >= 4 is 11.0 Å². The predicted molar refractivity (Wildman–Crippen MR) is 99.9 cm³/mol. The van der Waals surface area contributed by atoms with Gasteiger partial charge in [-0.25, -0.2) is 4.79 Å². The van der Waals surface area contributed by atoms with Gasteiger partial charge in [-0.3, -0.25) is 0 Å². The van der Waals surface area contributed by atoms with E-state index in [0.717, 1.165) is 22.1 Å². The molecule has 0 aliphatic rings. The van der Waals surface area contributed by atoms with Gasteiger partial charge in [0, 0.05) is 17.0 Å².